The van der Waals surface area contributed by atoms with Gasteiger partial charge in [0.1, 0.15) is 11.8 Å². The molecular weight excluding hydrogens is 324 g/mol. The van der Waals surface area contributed by atoms with Gasteiger partial charge in [-0.3, -0.25) is 14.4 Å². The maximum absolute atomic E-state index is 9.99. The Hall–Kier alpha value is -3.14. The molecule has 0 spiro atoms. The van der Waals surface area contributed by atoms with Crippen LogP contribution < -0.4 is 11.5 Å². The van der Waals surface area contributed by atoms with Crippen molar-refractivity contribution in [1.29, 1.82) is 0 Å². The molecule has 8 N–H and O–H groups in total. The summed E-state index contributed by atoms with van der Waals surface area (Å²) in [7, 11) is 0. The summed E-state index contributed by atoms with van der Waals surface area (Å²) < 4.78 is 0. The molecule has 0 saturated heterocycles. The molecular formula is C14H20N2O8. The van der Waals surface area contributed by atoms with Crippen LogP contribution in [-0.2, 0) is 19.2 Å². The number of benzene rings is 1. The van der Waals surface area contributed by atoms with Crippen LogP contribution in [0.2, 0.25) is 0 Å². The van der Waals surface area contributed by atoms with E-state index >= 15 is 0 Å². The predicted molar refractivity (Wildman–Crippen MR) is 83.3 cm³/mol. The number of rotatable bonds is 5. The molecule has 0 aliphatic heterocycles. The standard InChI is InChI=1S/C6H7NO.C5H9NO4.C3H4O3/c7-5-3-1-2-4-6(5)8;6-3(5(9)10)1-2-4(7)8;1-2(4)3(5)6/h1-4,8H,7H2;3H,1-2,6H2,(H,7,8)(H,9,10);1H3,(H,5,6)/t;3-;/m.0./s1. The summed E-state index contributed by atoms with van der Waals surface area (Å²) in [6, 6.07) is 5.64. The van der Waals surface area contributed by atoms with Gasteiger partial charge in [-0.2, -0.15) is 0 Å². The van der Waals surface area contributed by atoms with Gasteiger partial charge in [-0.05, 0) is 18.6 Å². The van der Waals surface area contributed by atoms with Gasteiger partial charge in [0.05, 0.1) is 5.69 Å². The Balaban J connectivity index is 0. The summed E-state index contributed by atoms with van der Waals surface area (Å²) in [4.78, 5) is 38.8. The highest BCUT2D eigenvalue weighted by Crippen LogP contribution is 2.16. The van der Waals surface area contributed by atoms with E-state index in [9.17, 15) is 19.2 Å². The van der Waals surface area contributed by atoms with E-state index in [1.807, 2.05) is 0 Å². The van der Waals surface area contributed by atoms with Gasteiger partial charge >= 0.3 is 17.9 Å². The molecule has 0 unspecified atom stereocenters. The first-order valence-electron chi connectivity index (χ1n) is 6.46. The van der Waals surface area contributed by atoms with Crippen LogP contribution in [0.25, 0.3) is 0 Å². The zero-order valence-electron chi connectivity index (χ0n) is 12.9. The summed E-state index contributed by atoms with van der Waals surface area (Å²) in [5, 5.41) is 32.7. The molecule has 1 rings (SSSR count). The molecule has 0 aliphatic carbocycles. The van der Waals surface area contributed by atoms with Gasteiger partial charge in [0.15, 0.2) is 0 Å². The number of hydrogen-bond acceptors (Lipinski definition) is 7. The number of aromatic hydroxyl groups is 1. The fourth-order valence-corrected chi connectivity index (χ4v) is 0.890. The third kappa shape index (κ3) is 13.8. The highest BCUT2D eigenvalue weighted by molar-refractivity contribution is 6.31. The summed E-state index contributed by atoms with van der Waals surface area (Å²) >= 11 is 0. The number of para-hydroxylation sites is 2. The minimum absolute atomic E-state index is 0.0231. The van der Waals surface area contributed by atoms with E-state index in [0.717, 1.165) is 6.92 Å². The third-order valence-electron chi connectivity index (χ3n) is 2.22. The molecule has 0 fully saturated rings. The van der Waals surface area contributed by atoms with E-state index in [0.29, 0.717) is 5.69 Å². The number of nitrogen functional groups attached to an aromatic ring is 1. The van der Waals surface area contributed by atoms with Crippen molar-refractivity contribution in [2.45, 2.75) is 25.8 Å². The number of aliphatic carboxylic acids is 3. The number of carbonyl (C=O) groups excluding carboxylic acids is 1. The Morgan fingerprint density at radius 3 is 1.79 bits per heavy atom. The molecule has 10 nitrogen and oxygen atoms in total. The van der Waals surface area contributed by atoms with E-state index in [2.05, 4.69) is 0 Å². The normalized spacial score (nSPS) is 10.1. The van der Waals surface area contributed by atoms with Gasteiger partial charge in [0.25, 0.3) is 0 Å². The van der Waals surface area contributed by atoms with Crippen LogP contribution in [0.5, 0.6) is 5.75 Å². The number of hydrogen-bond donors (Lipinski definition) is 6. The van der Waals surface area contributed by atoms with E-state index in [4.69, 9.17) is 31.9 Å². The number of carbonyl (C=O) groups is 4. The Morgan fingerprint density at radius 2 is 1.54 bits per heavy atom. The lowest BCUT2D eigenvalue weighted by atomic mass is 10.2. The Kier molecular flexibility index (Phi) is 12.0. The smallest absolute Gasteiger partial charge is 0.371 e. The number of carboxylic acid groups (broad SMARTS) is 3. The van der Waals surface area contributed by atoms with Crippen LogP contribution in [-0.4, -0.2) is 50.2 Å². The average Bonchev–Trinajstić information content (AvgIpc) is 2.48. The first kappa shape index (κ1) is 23.1. The third-order valence-corrected chi connectivity index (χ3v) is 2.22. The van der Waals surface area contributed by atoms with Crippen LogP contribution in [0.15, 0.2) is 24.3 Å². The number of ketones is 1. The van der Waals surface area contributed by atoms with Gasteiger partial charge in [-0.1, -0.05) is 12.1 Å². The number of anilines is 1. The maximum atomic E-state index is 9.99. The molecule has 0 heterocycles. The number of phenolic OH excluding ortho intramolecular Hbond substituents is 1. The second-order valence-electron chi connectivity index (χ2n) is 4.30. The lowest BCUT2D eigenvalue weighted by Gasteiger charge is -2.01. The van der Waals surface area contributed by atoms with Gasteiger partial charge < -0.3 is 31.9 Å². The minimum atomic E-state index is -1.38. The largest absolute Gasteiger partial charge is 0.506 e. The molecule has 0 amide bonds. The van der Waals surface area contributed by atoms with Gasteiger partial charge in [-0.25, -0.2) is 4.79 Å². The molecule has 1 aromatic carbocycles. The van der Waals surface area contributed by atoms with Crippen LogP contribution in [0.1, 0.15) is 19.8 Å². The zero-order chi connectivity index (χ0) is 19.3. The quantitative estimate of drug-likeness (QED) is 0.238. The molecule has 0 aliphatic rings. The highest BCUT2D eigenvalue weighted by atomic mass is 16.4. The Labute approximate surface area is 137 Å². The van der Waals surface area contributed by atoms with Crippen molar-refractivity contribution in [3.05, 3.63) is 24.3 Å². The van der Waals surface area contributed by atoms with E-state index < -0.39 is 29.7 Å². The number of nitrogens with two attached hydrogens (primary N) is 2. The Bertz CT molecular complexity index is 541. The van der Waals surface area contributed by atoms with Crippen LogP contribution in [0, 0.1) is 0 Å². The van der Waals surface area contributed by atoms with Crippen molar-refractivity contribution in [2.75, 3.05) is 5.73 Å². The van der Waals surface area contributed by atoms with Crippen LogP contribution >= 0.6 is 0 Å². The van der Waals surface area contributed by atoms with Crippen molar-refractivity contribution in [3.8, 4) is 5.75 Å². The first-order valence-corrected chi connectivity index (χ1v) is 6.46. The Morgan fingerprint density at radius 1 is 1.08 bits per heavy atom. The first-order chi connectivity index (χ1) is 11.0. The monoisotopic (exact) mass is 344 g/mol. The zero-order valence-corrected chi connectivity index (χ0v) is 12.9. The summed E-state index contributed by atoms with van der Waals surface area (Å²) in [5.41, 5.74) is 10.7. The SMILES string of the molecule is CC(=O)C(=O)O.N[C@@H](CCC(=O)O)C(=O)O.Nc1ccccc1O. The number of Topliss-reactive ketones (excluding diaryl/α,β-unsaturated/α-hetero) is 1. The molecule has 0 aromatic heterocycles. The van der Waals surface area contributed by atoms with E-state index in [1.54, 1.807) is 24.3 Å². The maximum Gasteiger partial charge on any atom is 0.371 e. The molecule has 0 radical (unpaired) electrons. The summed E-state index contributed by atoms with van der Waals surface area (Å²) in [6.45, 7) is 1.00. The predicted octanol–water partition coefficient (Wildman–Crippen LogP) is -0.102. The molecule has 1 aromatic rings. The lowest BCUT2D eigenvalue weighted by molar-refractivity contribution is -0.148. The summed E-state index contributed by atoms with van der Waals surface area (Å²) in [5.74, 6) is -4.25. The van der Waals surface area contributed by atoms with Gasteiger partial charge in [0, 0.05) is 13.3 Å². The van der Waals surface area contributed by atoms with Gasteiger partial charge in [-0.15, -0.1) is 0 Å². The van der Waals surface area contributed by atoms with Gasteiger partial charge in [0.2, 0.25) is 5.78 Å². The average molecular weight is 344 g/mol. The fourth-order valence-electron chi connectivity index (χ4n) is 0.890. The van der Waals surface area contributed by atoms with Crippen molar-refractivity contribution in [2.24, 2.45) is 5.73 Å². The molecule has 134 valence electrons. The van der Waals surface area contributed by atoms with E-state index in [1.165, 1.54) is 0 Å². The number of phenols is 1. The van der Waals surface area contributed by atoms with Crippen LogP contribution in [0.3, 0.4) is 0 Å². The van der Waals surface area contributed by atoms with Crippen molar-refractivity contribution in [1.82, 2.24) is 0 Å². The fraction of sp³-hybridized carbons (Fsp3) is 0.286. The molecule has 1 atom stereocenters. The second-order valence-corrected chi connectivity index (χ2v) is 4.30. The molecule has 24 heavy (non-hydrogen) atoms. The molecule has 0 bridgehead atoms. The number of carboxylic acids is 3. The van der Waals surface area contributed by atoms with Crippen molar-refractivity contribution in [3.63, 3.8) is 0 Å². The topological polar surface area (TPSA) is 201 Å². The molecule has 0 saturated carbocycles. The molecule has 10 heteroatoms. The van der Waals surface area contributed by atoms with Crippen LogP contribution in [0.4, 0.5) is 5.69 Å². The van der Waals surface area contributed by atoms with E-state index in [-0.39, 0.29) is 18.6 Å². The second kappa shape index (κ2) is 12.4. The van der Waals surface area contributed by atoms with Crippen molar-refractivity contribution < 1.29 is 39.6 Å². The summed E-state index contributed by atoms with van der Waals surface area (Å²) in [6.07, 6.45) is -0.224. The van der Waals surface area contributed by atoms with Crippen molar-refractivity contribution >= 4 is 29.4 Å². The lowest BCUT2D eigenvalue weighted by Crippen LogP contribution is -2.30. The highest BCUT2D eigenvalue weighted by Gasteiger charge is 2.12. The minimum Gasteiger partial charge on any atom is -0.506 e.